The predicted octanol–water partition coefficient (Wildman–Crippen LogP) is 2.23. The predicted molar refractivity (Wildman–Crippen MR) is 39.4 cm³/mol. The first-order chi connectivity index (χ1) is 6.29. The highest BCUT2D eigenvalue weighted by atomic mass is 32.1. The zero-order valence-corrected chi connectivity index (χ0v) is 7.51. The Hall–Kier alpha value is -0.990. The molecule has 0 amide bonds. The van der Waals surface area contributed by atoms with Crippen LogP contribution in [0, 0.1) is 0 Å². The summed E-state index contributed by atoms with van der Waals surface area (Å²) in [6.45, 7) is 0. The van der Waals surface area contributed by atoms with Crippen LogP contribution in [-0.4, -0.2) is 23.4 Å². The van der Waals surface area contributed by atoms with Crippen LogP contribution in [0.2, 0.25) is 0 Å². The van der Waals surface area contributed by atoms with Gasteiger partial charge in [-0.15, -0.1) is 10.2 Å². The average Bonchev–Trinajstić information content (AvgIpc) is 2.49. The quantitative estimate of drug-likeness (QED) is 0.796. The minimum atomic E-state index is -5.64. The van der Waals surface area contributed by atoms with Gasteiger partial charge in [0, 0.05) is 7.05 Å². The van der Waals surface area contributed by atoms with Crippen molar-refractivity contribution in [3.8, 4) is 0 Å². The van der Waals surface area contributed by atoms with E-state index in [1.54, 1.807) is 0 Å². The van der Waals surface area contributed by atoms with Crippen LogP contribution in [0.3, 0.4) is 0 Å². The van der Waals surface area contributed by atoms with Crippen LogP contribution in [0.5, 0.6) is 0 Å². The molecule has 9 heteroatoms. The number of alkyl halides is 5. The van der Waals surface area contributed by atoms with E-state index in [0.717, 1.165) is 0 Å². The van der Waals surface area contributed by atoms with E-state index in [4.69, 9.17) is 0 Å². The fraction of sp³-hybridized carbons (Fsp3) is 0.600. The molecule has 1 aromatic rings. The Morgan fingerprint density at radius 3 is 2.07 bits per heavy atom. The largest absolute Gasteiger partial charge is 0.460 e. The van der Waals surface area contributed by atoms with Gasteiger partial charge in [-0.25, -0.2) is 0 Å². The molecule has 0 bridgehead atoms. The average molecular weight is 233 g/mol. The highest BCUT2D eigenvalue weighted by Gasteiger charge is 2.61. The molecule has 0 aliphatic rings. The van der Waals surface area contributed by atoms with Gasteiger partial charge in [0.15, 0.2) is 5.01 Å². The molecule has 0 saturated heterocycles. The maximum absolute atomic E-state index is 12.6. The summed E-state index contributed by atoms with van der Waals surface area (Å²) < 4.78 is 60.5. The van der Waals surface area contributed by atoms with E-state index in [1.807, 2.05) is 0 Å². The van der Waals surface area contributed by atoms with Crippen LogP contribution < -0.4 is 5.32 Å². The van der Waals surface area contributed by atoms with E-state index in [9.17, 15) is 22.0 Å². The molecule has 0 saturated carbocycles. The van der Waals surface area contributed by atoms with Gasteiger partial charge in [-0.05, 0) is 0 Å². The van der Waals surface area contributed by atoms with E-state index in [-0.39, 0.29) is 16.5 Å². The first-order valence-electron chi connectivity index (χ1n) is 3.25. The summed E-state index contributed by atoms with van der Waals surface area (Å²) in [4.78, 5) is 0. The molecule has 14 heavy (non-hydrogen) atoms. The Labute approximate surface area is 79.0 Å². The third kappa shape index (κ3) is 1.76. The molecule has 0 aromatic carbocycles. The number of rotatable bonds is 2. The molecular weight excluding hydrogens is 229 g/mol. The molecule has 0 aliphatic carbocycles. The van der Waals surface area contributed by atoms with Crippen molar-refractivity contribution in [2.45, 2.75) is 12.1 Å². The highest BCUT2D eigenvalue weighted by molar-refractivity contribution is 7.15. The van der Waals surface area contributed by atoms with E-state index < -0.39 is 17.1 Å². The first kappa shape index (κ1) is 11.1. The minimum Gasteiger partial charge on any atom is -0.363 e. The Morgan fingerprint density at radius 2 is 1.71 bits per heavy atom. The van der Waals surface area contributed by atoms with Crippen molar-refractivity contribution >= 4 is 16.5 Å². The van der Waals surface area contributed by atoms with Crippen molar-refractivity contribution in [2.75, 3.05) is 12.4 Å². The zero-order chi connectivity index (χ0) is 11.0. The maximum Gasteiger partial charge on any atom is 0.460 e. The van der Waals surface area contributed by atoms with Crippen molar-refractivity contribution in [1.82, 2.24) is 10.2 Å². The van der Waals surface area contributed by atoms with E-state index >= 15 is 0 Å². The number of halogens is 5. The van der Waals surface area contributed by atoms with Crippen molar-refractivity contribution < 1.29 is 22.0 Å². The van der Waals surface area contributed by atoms with Crippen LogP contribution in [0.15, 0.2) is 0 Å². The second-order valence-corrected chi connectivity index (χ2v) is 3.21. The monoisotopic (exact) mass is 233 g/mol. The molecule has 1 N–H and O–H groups in total. The van der Waals surface area contributed by atoms with Crippen LogP contribution in [0.4, 0.5) is 27.1 Å². The summed E-state index contributed by atoms with van der Waals surface area (Å²) in [6, 6.07) is 0. The number of aromatic nitrogens is 2. The molecule has 1 rings (SSSR count). The fourth-order valence-corrected chi connectivity index (χ4v) is 1.26. The van der Waals surface area contributed by atoms with E-state index in [0.29, 0.717) is 0 Å². The molecule has 1 heterocycles. The number of nitrogens with zero attached hydrogens (tertiary/aromatic N) is 2. The summed E-state index contributed by atoms with van der Waals surface area (Å²) in [5.74, 6) is -4.94. The Balaban J connectivity index is 3.04. The fourth-order valence-electron chi connectivity index (χ4n) is 0.572. The van der Waals surface area contributed by atoms with Crippen molar-refractivity contribution in [1.29, 1.82) is 0 Å². The lowest BCUT2D eigenvalue weighted by Gasteiger charge is -2.15. The van der Waals surface area contributed by atoms with Crippen molar-refractivity contribution in [3.63, 3.8) is 0 Å². The Morgan fingerprint density at radius 1 is 1.14 bits per heavy atom. The summed E-state index contributed by atoms with van der Waals surface area (Å²) in [7, 11) is 1.34. The Kier molecular flexibility index (Phi) is 2.61. The van der Waals surface area contributed by atoms with Gasteiger partial charge in [-0.3, -0.25) is 0 Å². The summed E-state index contributed by atoms with van der Waals surface area (Å²) in [6.07, 6.45) is -5.64. The molecule has 1 aromatic heterocycles. The smallest absolute Gasteiger partial charge is 0.363 e. The zero-order valence-electron chi connectivity index (χ0n) is 6.69. The van der Waals surface area contributed by atoms with Gasteiger partial charge >= 0.3 is 12.1 Å². The standard InChI is InChI=1S/C5H4F5N3S/c1-11-3-13-12-2(14-3)4(6,7)5(8,9)10/h1H3,(H,11,13). The van der Waals surface area contributed by atoms with Crippen LogP contribution in [-0.2, 0) is 5.92 Å². The van der Waals surface area contributed by atoms with Crippen LogP contribution in [0.25, 0.3) is 0 Å². The van der Waals surface area contributed by atoms with Crippen molar-refractivity contribution in [2.24, 2.45) is 0 Å². The van der Waals surface area contributed by atoms with E-state index in [1.165, 1.54) is 7.05 Å². The molecule has 0 fully saturated rings. The van der Waals surface area contributed by atoms with E-state index in [2.05, 4.69) is 15.5 Å². The van der Waals surface area contributed by atoms with Gasteiger partial charge in [-0.2, -0.15) is 22.0 Å². The molecular formula is C5H4F5N3S. The number of hydrogen-bond donors (Lipinski definition) is 1. The maximum atomic E-state index is 12.6. The lowest BCUT2D eigenvalue weighted by molar-refractivity contribution is -0.289. The third-order valence-corrected chi connectivity index (χ3v) is 2.27. The first-order valence-corrected chi connectivity index (χ1v) is 4.07. The molecule has 0 radical (unpaired) electrons. The SMILES string of the molecule is CNc1nnc(C(F)(F)C(F)(F)F)s1. The van der Waals surface area contributed by atoms with Gasteiger partial charge in [0.25, 0.3) is 0 Å². The second-order valence-electron chi connectivity index (χ2n) is 2.23. The lowest BCUT2D eigenvalue weighted by Crippen LogP contribution is -2.33. The number of hydrogen-bond acceptors (Lipinski definition) is 4. The van der Waals surface area contributed by atoms with Crippen LogP contribution >= 0.6 is 11.3 Å². The van der Waals surface area contributed by atoms with Gasteiger partial charge in [0.2, 0.25) is 5.13 Å². The van der Waals surface area contributed by atoms with Gasteiger partial charge in [0.05, 0.1) is 0 Å². The topological polar surface area (TPSA) is 37.8 Å². The number of anilines is 1. The van der Waals surface area contributed by atoms with Gasteiger partial charge in [0.1, 0.15) is 0 Å². The molecule has 0 aliphatic heterocycles. The van der Waals surface area contributed by atoms with Crippen LogP contribution in [0.1, 0.15) is 5.01 Å². The number of nitrogens with one attached hydrogen (secondary N) is 1. The molecule has 0 atom stereocenters. The minimum absolute atomic E-state index is 0.0936. The second kappa shape index (κ2) is 3.30. The molecule has 3 nitrogen and oxygen atoms in total. The molecule has 0 unspecified atom stereocenters. The molecule has 80 valence electrons. The highest BCUT2D eigenvalue weighted by Crippen LogP contribution is 2.45. The van der Waals surface area contributed by atoms with Gasteiger partial charge < -0.3 is 5.32 Å². The summed E-state index contributed by atoms with van der Waals surface area (Å²) in [5, 5.41) is 6.71. The summed E-state index contributed by atoms with van der Waals surface area (Å²) >= 11 is 0.163. The van der Waals surface area contributed by atoms with Crippen molar-refractivity contribution in [3.05, 3.63) is 5.01 Å². The Bertz CT molecular complexity index is 319. The van der Waals surface area contributed by atoms with Gasteiger partial charge in [-0.1, -0.05) is 11.3 Å². The lowest BCUT2D eigenvalue weighted by atomic mass is 10.3. The molecule has 0 spiro atoms. The third-order valence-electron chi connectivity index (χ3n) is 1.26. The summed E-state index contributed by atoms with van der Waals surface area (Å²) in [5.41, 5.74) is 0. The normalized spacial score (nSPS) is 13.0.